The van der Waals surface area contributed by atoms with Crippen LogP contribution in [0.4, 0.5) is 11.4 Å². The maximum Gasteiger partial charge on any atom is 0.278 e. The Balaban J connectivity index is 2.41. The fraction of sp³-hybridized carbons (Fsp3) is 0.182. The molecule has 2 aromatic rings. The van der Waals surface area contributed by atoms with Crippen LogP contribution in [0, 0.1) is 0 Å². The zero-order valence-corrected chi connectivity index (χ0v) is 12.0. The van der Waals surface area contributed by atoms with Crippen molar-refractivity contribution in [3.8, 4) is 0 Å². The summed E-state index contributed by atoms with van der Waals surface area (Å²) in [6.07, 6.45) is 1.37. The molecule has 0 aliphatic heterocycles. The number of rotatable bonds is 4. The number of nitrogens with one attached hydrogen (secondary N) is 2. The van der Waals surface area contributed by atoms with Crippen molar-refractivity contribution in [2.75, 3.05) is 23.7 Å². The first-order valence-electron chi connectivity index (χ1n) is 5.39. The largest absolute Gasteiger partial charge is 0.376 e. The molecular formula is C11H13ClN4O2S. The average Bonchev–Trinajstić information content (AvgIpc) is 2.81. The number of aromatic nitrogens is 2. The van der Waals surface area contributed by atoms with Gasteiger partial charge < -0.3 is 4.90 Å². The molecule has 1 aromatic carbocycles. The monoisotopic (exact) mass is 300 g/mol. The Hall–Kier alpha value is -1.73. The minimum atomic E-state index is -3.70. The quantitative estimate of drug-likeness (QED) is 0.904. The van der Waals surface area contributed by atoms with Gasteiger partial charge in [0.1, 0.15) is 0 Å². The summed E-state index contributed by atoms with van der Waals surface area (Å²) in [7, 11) is -0.0627. The van der Waals surface area contributed by atoms with E-state index in [9.17, 15) is 8.42 Å². The van der Waals surface area contributed by atoms with E-state index in [1.165, 1.54) is 12.3 Å². The first kappa shape index (κ1) is 13.7. The van der Waals surface area contributed by atoms with Crippen LogP contribution in [0.5, 0.6) is 0 Å². The molecule has 0 saturated carbocycles. The van der Waals surface area contributed by atoms with Crippen molar-refractivity contribution in [3.63, 3.8) is 0 Å². The van der Waals surface area contributed by atoms with E-state index >= 15 is 0 Å². The molecule has 2 rings (SSSR count). The van der Waals surface area contributed by atoms with Crippen molar-refractivity contribution in [2.24, 2.45) is 0 Å². The predicted molar refractivity (Wildman–Crippen MR) is 75.2 cm³/mol. The molecule has 1 heterocycles. The Morgan fingerprint density at radius 3 is 2.63 bits per heavy atom. The van der Waals surface area contributed by atoms with E-state index < -0.39 is 10.0 Å². The fourth-order valence-corrected chi connectivity index (χ4v) is 2.72. The summed E-state index contributed by atoms with van der Waals surface area (Å²) in [5.74, 6) is 0. The Morgan fingerprint density at radius 1 is 1.32 bits per heavy atom. The number of halogens is 1. The minimum Gasteiger partial charge on any atom is -0.376 e. The predicted octanol–water partition coefficient (Wildman–Crippen LogP) is 1.93. The minimum absolute atomic E-state index is 0.00261. The van der Waals surface area contributed by atoms with Crippen LogP contribution >= 0.6 is 11.6 Å². The van der Waals surface area contributed by atoms with Crippen LogP contribution in [0.25, 0.3) is 0 Å². The lowest BCUT2D eigenvalue weighted by atomic mass is 10.2. The number of aromatic amines is 1. The van der Waals surface area contributed by atoms with Crippen LogP contribution in [0.3, 0.4) is 0 Å². The third-order valence-corrected chi connectivity index (χ3v) is 3.98. The maximum absolute atomic E-state index is 12.1. The van der Waals surface area contributed by atoms with Gasteiger partial charge in [0, 0.05) is 19.1 Å². The van der Waals surface area contributed by atoms with Gasteiger partial charge in [-0.1, -0.05) is 11.6 Å². The van der Waals surface area contributed by atoms with Crippen LogP contribution < -0.4 is 9.62 Å². The van der Waals surface area contributed by atoms with Gasteiger partial charge in [0.25, 0.3) is 10.0 Å². The average molecular weight is 301 g/mol. The zero-order chi connectivity index (χ0) is 14.0. The summed E-state index contributed by atoms with van der Waals surface area (Å²) in [5, 5.41) is 6.49. The smallest absolute Gasteiger partial charge is 0.278 e. The summed E-state index contributed by atoms with van der Waals surface area (Å²) in [6.45, 7) is 0. The maximum atomic E-state index is 12.1. The van der Waals surface area contributed by atoms with Gasteiger partial charge in [-0.05, 0) is 24.3 Å². The molecule has 0 spiro atoms. The van der Waals surface area contributed by atoms with Gasteiger partial charge in [-0.25, -0.2) is 0 Å². The number of hydrogen-bond acceptors (Lipinski definition) is 4. The SMILES string of the molecule is CN(C)c1ccc(Cl)cc1NS(=O)(=O)c1ccn[nH]1. The molecule has 1 aromatic heterocycles. The molecule has 8 heteroatoms. The van der Waals surface area contributed by atoms with Crippen molar-refractivity contribution in [3.05, 3.63) is 35.5 Å². The number of sulfonamides is 1. The van der Waals surface area contributed by atoms with E-state index in [0.717, 1.165) is 0 Å². The van der Waals surface area contributed by atoms with Crippen molar-refractivity contribution in [1.82, 2.24) is 10.2 Å². The Kier molecular flexibility index (Phi) is 3.68. The van der Waals surface area contributed by atoms with Gasteiger partial charge in [0.15, 0.2) is 5.03 Å². The second kappa shape index (κ2) is 5.10. The van der Waals surface area contributed by atoms with Gasteiger partial charge in [-0.2, -0.15) is 13.5 Å². The fourth-order valence-electron chi connectivity index (χ4n) is 1.57. The Labute approximate surface area is 116 Å². The van der Waals surface area contributed by atoms with Gasteiger partial charge in [0.2, 0.25) is 0 Å². The molecule has 6 nitrogen and oxygen atoms in total. The molecule has 0 bridgehead atoms. The molecule has 0 atom stereocenters. The zero-order valence-electron chi connectivity index (χ0n) is 10.4. The van der Waals surface area contributed by atoms with E-state index in [0.29, 0.717) is 16.4 Å². The summed E-state index contributed by atoms with van der Waals surface area (Å²) < 4.78 is 26.7. The lowest BCUT2D eigenvalue weighted by molar-refractivity contribution is 0.597. The third kappa shape index (κ3) is 2.99. The highest BCUT2D eigenvalue weighted by molar-refractivity contribution is 7.92. The first-order chi connectivity index (χ1) is 8.90. The molecule has 19 heavy (non-hydrogen) atoms. The standard InChI is InChI=1S/C11H13ClN4O2S/c1-16(2)10-4-3-8(12)7-9(10)15-19(17,18)11-5-6-13-14-11/h3-7,15H,1-2H3,(H,13,14). The highest BCUT2D eigenvalue weighted by Gasteiger charge is 2.18. The molecule has 0 amide bonds. The van der Waals surface area contributed by atoms with Gasteiger partial charge in [0.05, 0.1) is 17.6 Å². The van der Waals surface area contributed by atoms with Crippen molar-refractivity contribution >= 4 is 33.0 Å². The summed E-state index contributed by atoms with van der Waals surface area (Å²) in [6, 6.07) is 6.38. The normalized spacial score (nSPS) is 11.3. The van der Waals surface area contributed by atoms with Crippen LogP contribution in [0.15, 0.2) is 35.5 Å². The van der Waals surface area contributed by atoms with Gasteiger partial charge in [-0.3, -0.25) is 9.82 Å². The second-order valence-corrected chi connectivity index (χ2v) is 6.17. The van der Waals surface area contributed by atoms with Crippen LogP contribution in [-0.2, 0) is 10.0 Å². The van der Waals surface area contributed by atoms with E-state index in [-0.39, 0.29) is 5.03 Å². The number of H-pyrrole nitrogens is 1. The number of anilines is 2. The number of benzene rings is 1. The highest BCUT2D eigenvalue weighted by atomic mass is 35.5. The van der Waals surface area contributed by atoms with Crippen LogP contribution in [0.2, 0.25) is 5.02 Å². The molecule has 2 N–H and O–H groups in total. The molecule has 0 saturated heterocycles. The lowest BCUT2D eigenvalue weighted by Crippen LogP contribution is -2.17. The Morgan fingerprint density at radius 2 is 2.05 bits per heavy atom. The van der Waals surface area contributed by atoms with Crippen LogP contribution in [-0.4, -0.2) is 32.7 Å². The highest BCUT2D eigenvalue weighted by Crippen LogP contribution is 2.29. The summed E-state index contributed by atoms with van der Waals surface area (Å²) in [4.78, 5) is 1.79. The van der Waals surface area contributed by atoms with Crippen molar-refractivity contribution in [2.45, 2.75) is 5.03 Å². The van der Waals surface area contributed by atoms with E-state index in [2.05, 4.69) is 14.9 Å². The lowest BCUT2D eigenvalue weighted by Gasteiger charge is -2.18. The van der Waals surface area contributed by atoms with Crippen LogP contribution in [0.1, 0.15) is 0 Å². The molecule has 0 unspecified atom stereocenters. The topological polar surface area (TPSA) is 78.1 Å². The Bertz CT molecular complexity index is 668. The summed E-state index contributed by atoms with van der Waals surface area (Å²) in [5.41, 5.74) is 1.12. The van der Waals surface area contributed by atoms with Gasteiger partial charge >= 0.3 is 0 Å². The van der Waals surface area contributed by atoms with E-state index in [4.69, 9.17) is 11.6 Å². The molecule has 0 radical (unpaired) electrons. The molecular weight excluding hydrogens is 288 g/mol. The molecule has 0 aliphatic rings. The van der Waals surface area contributed by atoms with E-state index in [1.54, 1.807) is 23.1 Å². The van der Waals surface area contributed by atoms with Gasteiger partial charge in [-0.15, -0.1) is 0 Å². The number of nitrogens with zero attached hydrogens (tertiary/aromatic N) is 2. The third-order valence-electron chi connectivity index (χ3n) is 2.45. The molecule has 0 fully saturated rings. The number of hydrogen-bond donors (Lipinski definition) is 2. The van der Waals surface area contributed by atoms with Crippen molar-refractivity contribution in [1.29, 1.82) is 0 Å². The molecule has 0 aliphatic carbocycles. The molecule has 102 valence electrons. The first-order valence-corrected chi connectivity index (χ1v) is 7.25. The van der Waals surface area contributed by atoms with Crippen molar-refractivity contribution < 1.29 is 8.42 Å². The summed E-state index contributed by atoms with van der Waals surface area (Å²) >= 11 is 5.90. The second-order valence-electron chi connectivity index (χ2n) is 4.08. The van der Waals surface area contributed by atoms with E-state index in [1.807, 2.05) is 14.1 Å².